The highest BCUT2D eigenvalue weighted by Crippen LogP contribution is 2.10. The molecule has 0 spiro atoms. The van der Waals surface area contributed by atoms with E-state index in [-0.39, 0.29) is 11.1 Å². The summed E-state index contributed by atoms with van der Waals surface area (Å²) >= 11 is 0. The first-order chi connectivity index (χ1) is 8.27. The first-order valence-electron chi connectivity index (χ1n) is 5.15. The molecule has 17 heavy (non-hydrogen) atoms. The molecule has 2 heterocycles. The lowest BCUT2D eigenvalue weighted by molar-refractivity contribution is 0.187. The van der Waals surface area contributed by atoms with Gasteiger partial charge in [0.1, 0.15) is 11.6 Å². The molecule has 0 fully saturated rings. The van der Waals surface area contributed by atoms with Crippen molar-refractivity contribution in [1.82, 2.24) is 9.55 Å². The van der Waals surface area contributed by atoms with Crippen molar-refractivity contribution in [2.75, 3.05) is 13.7 Å². The number of aromatic nitrogens is 2. The highest BCUT2D eigenvalue weighted by molar-refractivity contribution is 5.75. The second-order valence-electron chi connectivity index (χ2n) is 3.53. The number of hydrogen-bond donors (Lipinski definition) is 0. The molecule has 0 aliphatic rings. The third-order valence-electron chi connectivity index (χ3n) is 2.50. The number of hydrogen-bond acceptors (Lipinski definition) is 4. The van der Waals surface area contributed by atoms with Gasteiger partial charge in [0.05, 0.1) is 17.6 Å². The van der Waals surface area contributed by atoms with Crippen LogP contribution in [0, 0.1) is 11.3 Å². The number of ether oxygens (including phenoxy) is 1. The zero-order valence-electron chi connectivity index (χ0n) is 9.38. The summed E-state index contributed by atoms with van der Waals surface area (Å²) in [5.74, 6) is 0. The molecule has 0 aliphatic carbocycles. The van der Waals surface area contributed by atoms with Crippen molar-refractivity contribution < 1.29 is 4.74 Å². The van der Waals surface area contributed by atoms with E-state index in [9.17, 15) is 4.79 Å². The van der Waals surface area contributed by atoms with E-state index in [1.165, 1.54) is 10.6 Å². The van der Waals surface area contributed by atoms with Crippen LogP contribution >= 0.6 is 0 Å². The first kappa shape index (κ1) is 11.3. The molecule has 86 valence electrons. The van der Waals surface area contributed by atoms with Crippen LogP contribution in [0.1, 0.15) is 5.56 Å². The van der Waals surface area contributed by atoms with Crippen molar-refractivity contribution in [3.63, 3.8) is 0 Å². The number of nitriles is 1. The third kappa shape index (κ3) is 2.03. The molecule has 0 bridgehead atoms. The van der Waals surface area contributed by atoms with Crippen LogP contribution in [-0.4, -0.2) is 23.3 Å². The summed E-state index contributed by atoms with van der Waals surface area (Å²) in [6.45, 7) is 0.825. The van der Waals surface area contributed by atoms with Crippen LogP contribution in [-0.2, 0) is 11.3 Å². The molecule has 0 N–H and O–H groups in total. The average molecular weight is 229 g/mol. The summed E-state index contributed by atoms with van der Waals surface area (Å²) in [6.07, 6.45) is 1.63. The summed E-state index contributed by atoms with van der Waals surface area (Å²) in [5, 5.41) is 8.91. The fourth-order valence-corrected chi connectivity index (χ4v) is 1.69. The van der Waals surface area contributed by atoms with E-state index < -0.39 is 0 Å². The Morgan fingerprint density at radius 2 is 2.41 bits per heavy atom. The monoisotopic (exact) mass is 229 g/mol. The van der Waals surface area contributed by atoms with Gasteiger partial charge in [-0.2, -0.15) is 5.26 Å². The Kier molecular flexibility index (Phi) is 3.17. The van der Waals surface area contributed by atoms with E-state index in [2.05, 4.69) is 4.98 Å². The molecular formula is C12H11N3O2. The summed E-state index contributed by atoms with van der Waals surface area (Å²) in [5.41, 5.74) is 1.16. The summed E-state index contributed by atoms with van der Waals surface area (Å²) < 4.78 is 6.48. The van der Waals surface area contributed by atoms with E-state index >= 15 is 0 Å². The van der Waals surface area contributed by atoms with Gasteiger partial charge in [0.15, 0.2) is 0 Å². The number of rotatable bonds is 3. The van der Waals surface area contributed by atoms with Crippen LogP contribution in [0.2, 0.25) is 0 Å². The maximum absolute atomic E-state index is 12.0. The van der Waals surface area contributed by atoms with Crippen LogP contribution < -0.4 is 5.56 Å². The van der Waals surface area contributed by atoms with Crippen molar-refractivity contribution in [3.8, 4) is 6.07 Å². The highest BCUT2D eigenvalue weighted by Gasteiger charge is 2.08. The molecular weight excluding hydrogens is 218 g/mol. The number of nitrogens with zero attached hydrogens (tertiary/aromatic N) is 3. The lowest BCUT2D eigenvalue weighted by Gasteiger charge is -2.09. The number of pyridine rings is 2. The molecule has 5 nitrogen and oxygen atoms in total. The quantitative estimate of drug-likeness (QED) is 0.784. The van der Waals surface area contributed by atoms with E-state index in [0.29, 0.717) is 24.2 Å². The van der Waals surface area contributed by atoms with Crippen LogP contribution in [0.4, 0.5) is 0 Å². The lowest BCUT2D eigenvalue weighted by atomic mass is 10.2. The second kappa shape index (κ2) is 4.76. The standard InChI is InChI=1S/C12H11N3O2/c1-17-6-5-15-11-3-2-4-14-10(11)7-9(8-13)12(15)16/h2-4,7H,5-6H2,1H3. The zero-order valence-corrected chi connectivity index (χ0v) is 9.38. The van der Waals surface area contributed by atoms with Crippen molar-refractivity contribution in [1.29, 1.82) is 5.26 Å². The molecule has 2 aromatic heterocycles. The predicted molar refractivity (Wildman–Crippen MR) is 62.6 cm³/mol. The van der Waals surface area contributed by atoms with Crippen LogP contribution in [0.15, 0.2) is 29.2 Å². The van der Waals surface area contributed by atoms with Gasteiger partial charge in [-0.15, -0.1) is 0 Å². The summed E-state index contributed by atoms with van der Waals surface area (Å²) in [4.78, 5) is 16.1. The fourth-order valence-electron chi connectivity index (χ4n) is 1.69. The normalized spacial score (nSPS) is 10.4. The smallest absolute Gasteiger partial charge is 0.269 e. The third-order valence-corrected chi connectivity index (χ3v) is 2.50. The number of methoxy groups -OCH3 is 1. The van der Waals surface area contributed by atoms with Gasteiger partial charge in [-0.1, -0.05) is 0 Å². The van der Waals surface area contributed by atoms with Gasteiger partial charge >= 0.3 is 0 Å². The topological polar surface area (TPSA) is 67.9 Å². The SMILES string of the molecule is COCCn1c(=O)c(C#N)cc2ncccc21. The molecule has 0 saturated carbocycles. The first-order valence-corrected chi connectivity index (χ1v) is 5.15. The Balaban J connectivity index is 2.72. The maximum Gasteiger partial charge on any atom is 0.269 e. The predicted octanol–water partition coefficient (Wildman–Crippen LogP) is 0.915. The molecule has 0 aliphatic heterocycles. The van der Waals surface area contributed by atoms with Crippen molar-refractivity contribution in [2.24, 2.45) is 0 Å². The van der Waals surface area contributed by atoms with Gasteiger partial charge < -0.3 is 9.30 Å². The van der Waals surface area contributed by atoms with Crippen LogP contribution in [0.5, 0.6) is 0 Å². The van der Waals surface area contributed by atoms with Crippen molar-refractivity contribution in [2.45, 2.75) is 6.54 Å². The Hall–Kier alpha value is -2.19. The average Bonchev–Trinajstić information content (AvgIpc) is 2.37. The molecule has 0 aromatic carbocycles. The zero-order chi connectivity index (χ0) is 12.3. The molecule has 0 unspecified atom stereocenters. The molecule has 0 atom stereocenters. The van der Waals surface area contributed by atoms with E-state index in [4.69, 9.17) is 10.00 Å². The minimum Gasteiger partial charge on any atom is -0.383 e. The fraction of sp³-hybridized carbons (Fsp3) is 0.250. The molecule has 2 aromatic rings. The van der Waals surface area contributed by atoms with Gasteiger partial charge in [-0.25, -0.2) is 0 Å². The second-order valence-corrected chi connectivity index (χ2v) is 3.53. The summed E-state index contributed by atoms with van der Waals surface area (Å²) in [6, 6.07) is 6.97. The summed E-state index contributed by atoms with van der Waals surface area (Å²) in [7, 11) is 1.57. The van der Waals surface area contributed by atoms with E-state index in [1.807, 2.05) is 6.07 Å². The Bertz CT molecular complexity index is 640. The molecule has 2 rings (SSSR count). The molecule has 0 radical (unpaired) electrons. The Labute approximate surface area is 97.9 Å². The lowest BCUT2D eigenvalue weighted by Crippen LogP contribution is -2.24. The molecule has 0 saturated heterocycles. The minimum absolute atomic E-state index is 0.104. The van der Waals surface area contributed by atoms with E-state index in [0.717, 1.165) is 0 Å². The van der Waals surface area contributed by atoms with Gasteiger partial charge in [-0.3, -0.25) is 9.78 Å². The van der Waals surface area contributed by atoms with Crippen LogP contribution in [0.25, 0.3) is 11.0 Å². The van der Waals surface area contributed by atoms with Gasteiger partial charge in [0.2, 0.25) is 0 Å². The highest BCUT2D eigenvalue weighted by atomic mass is 16.5. The van der Waals surface area contributed by atoms with Gasteiger partial charge in [0.25, 0.3) is 5.56 Å². The van der Waals surface area contributed by atoms with E-state index in [1.54, 1.807) is 25.4 Å². The molecule has 5 heteroatoms. The van der Waals surface area contributed by atoms with Gasteiger partial charge in [-0.05, 0) is 18.2 Å². The minimum atomic E-state index is -0.301. The van der Waals surface area contributed by atoms with Crippen molar-refractivity contribution >= 4 is 11.0 Å². The largest absolute Gasteiger partial charge is 0.383 e. The van der Waals surface area contributed by atoms with Crippen LogP contribution in [0.3, 0.4) is 0 Å². The molecule has 0 amide bonds. The van der Waals surface area contributed by atoms with Crippen molar-refractivity contribution in [3.05, 3.63) is 40.3 Å². The van der Waals surface area contributed by atoms with Gasteiger partial charge in [0, 0.05) is 19.9 Å². The number of fused-ring (bicyclic) bond motifs is 1. The Morgan fingerprint density at radius 1 is 1.59 bits per heavy atom. The maximum atomic E-state index is 12.0. The Morgan fingerprint density at radius 3 is 3.12 bits per heavy atom.